The fraction of sp³-hybridized carbons (Fsp3) is 0.647. The van der Waals surface area contributed by atoms with Gasteiger partial charge in [0.05, 0.1) is 18.8 Å². The molecule has 0 aliphatic heterocycles. The standard InChI is InChI=1S/C17H27N3O/c1-13-7-6-8-14(2)17(13)20(3)12-16(21)19-11-15-9-4-5-10-18-15/h4-5,9-10,13-14,17H,6-8,11-12H2,1-3H3,(H,19,21). The smallest absolute Gasteiger partial charge is 0.234 e. The zero-order valence-electron chi connectivity index (χ0n) is 13.4. The molecule has 4 nitrogen and oxygen atoms in total. The zero-order valence-corrected chi connectivity index (χ0v) is 13.4. The Kier molecular flexibility index (Phi) is 5.74. The summed E-state index contributed by atoms with van der Waals surface area (Å²) < 4.78 is 0. The lowest BCUT2D eigenvalue weighted by Crippen LogP contribution is -2.47. The monoisotopic (exact) mass is 289 g/mol. The second-order valence-corrected chi connectivity index (χ2v) is 6.39. The first-order valence-electron chi connectivity index (χ1n) is 7.94. The van der Waals surface area contributed by atoms with E-state index in [9.17, 15) is 4.79 Å². The van der Waals surface area contributed by atoms with Crippen LogP contribution in [0, 0.1) is 11.8 Å². The molecule has 2 atom stereocenters. The van der Waals surface area contributed by atoms with E-state index in [-0.39, 0.29) is 5.91 Å². The molecule has 1 heterocycles. The Labute approximate surface area is 127 Å². The van der Waals surface area contributed by atoms with Crippen LogP contribution in [-0.4, -0.2) is 35.4 Å². The molecule has 0 aromatic carbocycles. The third-order valence-electron chi connectivity index (χ3n) is 4.58. The van der Waals surface area contributed by atoms with E-state index in [1.54, 1.807) is 6.20 Å². The van der Waals surface area contributed by atoms with Crippen molar-refractivity contribution in [2.45, 2.75) is 45.7 Å². The molecular weight excluding hydrogens is 262 g/mol. The molecular formula is C17H27N3O. The number of carbonyl (C=O) groups is 1. The first kappa shape index (κ1) is 16.0. The molecule has 2 rings (SSSR count). The maximum Gasteiger partial charge on any atom is 0.234 e. The minimum absolute atomic E-state index is 0.0770. The summed E-state index contributed by atoms with van der Waals surface area (Å²) in [5.74, 6) is 1.41. The van der Waals surface area contributed by atoms with Crippen molar-refractivity contribution < 1.29 is 4.79 Å². The van der Waals surface area contributed by atoms with Crippen LogP contribution >= 0.6 is 0 Å². The van der Waals surface area contributed by atoms with Crippen LogP contribution in [-0.2, 0) is 11.3 Å². The first-order chi connectivity index (χ1) is 10.1. The Morgan fingerprint density at radius 3 is 2.67 bits per heavy atom. The number of aromatic nitrogens is 1. The molecule has 1 fully saturated rings. The molecule has 1 aromatic heterocycles. The fourth-order valence-corrected chi connectivity index (χ4v) is 3.61. The van der Waals surface area contributed by atoms with Gasteiger partial charge in [0.25, 0.3) is 0 Å². The topological polar surface area (TPSA) is 45.2 Å². The highest BCUT2D eigenvalue weighted by atomic mass is 16.2. The third kappa shape index (κ3) is 4.53. The Bertz CT molecular complexity index is 439. The number of rotatable bonds is 5. The van der Waals surface area contributed by atoms with E-state index in [0.717, 1.165) is 5.69 Å². The lowest BCUT2D eigenvalue weighted by molar-refractivity contribution is -0.123. The van der Waals surface area contributed by atoms with Crippen molar-refractivity contribution in [1.29, 1.82) is 0 Å². The fourth-order valence-electron chi connectivity index (χ4n) is 3.61. The normalized spacial score (nSPS) is 25.8. The van der Waals surface area contributed by atoms with E-state index < -0.39 is 0 Å². The molecule has 1 aromatic rings. The average molecular weight is 289 g/mol. The summed E-state index contributed by atoms with van der Waals surface area (Å²) in [6, 6.07) is 6.26. The van der Waals surface area contributed by atoms with Crippen LogP contribution in [0.25, 0.3) is 0 Å². The minimum Gasteiger partial charge on any atom is -0.349 e. The summed E-state index contributed by atoms with van der Waals surface area (Å²) in [6.07, 6.45) is 5.61. The van der Waals surface area contributed by atoms with E-state index in [1.807, 2.05) is 18.2 Å². The Balaban J connectivity index is 1.81. The van der Waals surface area contributed by atoms with Crippen LogP contribution < -0.4 is 5.32 Å². The molecule has 0 saturated heterocycles. The van der Waals surface area contributed by atoms with E-state index >= 15 is 0 Å². The number of nitrogens with one attached hydrogen (secondary N) is 1. The van der Waals surface area contributed by atoms with Gasteiger partial charge >= 0.3 is 0 Å². The number of carbonyl (C=O) groups excluding carboxylic acids is 1. The average Bonchev–Trinajstić information content (AvgIpc) is 2.46. The number of nitrogens with zero attached hydrogens (tertiary/aromatic N) is 2. The Hall–Kier alpha value is -1.42. The third-order valence-corrected chi connectivity index (χ3v) is 4.58. The van der Waals surface area contributed by atoms with Crippen molar-refractivity contribution in [1.82, 2.24) is 15.2 Å². The van der Waals surface area contributed by atoms with Gasteiger partial charge in [0.15, 0.2) is 0 Å². The number of hydrogen-bond acceptors (Lipinski definition) is 3. The molecule has 1 saturated carbocycles. The van der Waals surface area contributed by atoms with E-state index in [0.29, 0.717) is 31.0 Å². The second kappa shape index (κ2) is 7.55. The summed E-state index contributed by atoms with van der Waals surface area (Å²) in [5, 5.41) is 2.96. The van der Waals surface area contributed by atoms with E-state index in [4.69, 9.17) is 0 Å². The zero-order chi connectivity index (χ0) is 15.2. The summed E-state index contributed by atoms with van der Waals surface area (Å²) in [4.78, 5) is 18.5. The van der Waals surface area contributed by atoms with Crippen LogP contribution in [0.2, 0.25) is 0 Å². The van der Waals surface area contributed by atoms with Gasteiger partial charge < -0.3 is 5.32 Å². The maximum atomic E-state index is 12.1. The van der Waals surface area contributed by atoms with Crippen LogP contribution in [0.4, 0.5) is 0 Å². The molecule has 0 radical (unpaired) electrons. The summed E-state index contributed by atoms with van der Waals surface area (Å²) in [7, 11) is 2.07. The molecule has 1 amide bonds. The van der Waals surface area contributed by atoms with E-state index in [1.165, 1.54) is 19.3 Å². The number of pyridine rings is 1. The van der Waals surface area contributed by atoms with Gasteiger partial charge in [0.2, 0.25) is 5.91 Å². The first-order valence-corrected chi connectivity index (χ1v) is 7.94. The molecule has 4 heteroatoms. The van der Waals surface area contributed by atoms with Crippen molar-refractivity contribution >= 4 is 5.91 Å². The minimum atomic E-state index is 0.0770. The van der Waals surface area contributed by atoms with Gasteiger partial charge in [-0.05, 0) is 43.9 Å². The lowest BCUT2D eigenvalue weighted by Gasteiger charge is -2.40. The van der Waals surface area contributed by atoms with Gasteiger partial charge in [-0.1, -0.05) is 26.3 Å². The molecule has 1 aliphatic rings. The number of likely N-dealkylation sites (N-methyl/N-ethyl adjacent to an activating group) is 1. The van der Waals surface area contributed by atoms with Gasteiger partial charge in [0, 0.05) is 12.2 Å². The number of amides is 1. The van der Waals surface area contributed by atoms with Crippen molar-refractivity contribution in [3.8, 4) is 0 Å². The summed E-state index contributed by atoms with van der Waals surface area (Å²) in [6.45, 7) is 5.58. The van der Waals surface area contributed by atoms with E-state index in [2.05, 4.69) is 36.1 Å². The predicted octanol–water partition coefficient (Wildman–Crippen LogP) is 2.45. The quantitative estimate of drug-likeness (QED) is 0.905. The molecule has 0 bridgehead atoms. The molecule has 116 valence electrons. The van der Waals surface area contributed by atoms with Crippen molar-refractivity contribution in [3.05, 3.63) is 30.1 Å². The van der Waals surface area contributed by atoms with Gasteiger partial charge in [-0.15, -0.1) is 0 Å². The molecule has 1 aliphatic carbocycles. The van der Waals surface area contributed by atoms with Crippen molar-refractivity contribution in [3.63, 3.8) is 0 Å². The lowest BCUT2D eigenvalue weighted by atomic mass is 9.78. The SMILES string of the molecule is CC1CCCC(C)C1N(C)CC(=O)NCc1ccccn1. The van der Waals surface area contributed by atoms with Crippen molar-refractivity contribution in [2.75, 3.05) is 13.6 Å². The highest BCUT2D eigenvalue weighted by molar-refractivity contribution is 5.77. The van der Waals surface area contributed by atoms with Crippen LogP contribution in [0.5, 0.6) is 0 Å². The summed E-state index contributed by atoms with van der Waals surface area (Å²) >= 11 is 0. The summed E-state index contributed by atoms with van der Waals surface area (Å²) in [5.41, 5.74) is 0.896. The Morgan fingerprint density at radius 1 is 1.33 bits per heavy atom. The predicted molar refractivity (Wildman–Crippen MR) is 84.7 cm³/mol. The van der Waals surface area contributed by atoms with Crippen LogP contribution in [0.1, 0.15) is 38.8 Å². The van der Waals surface area contributed by atoms with Gasteiger partial charge in [-0.25, -0.2) is 0 Å². The van der Waals surface area contributed by atoms with Gasteiger partial charge in [0.1, 0.15) is 0 Å². The largest absolute Gasteiger partial charge is 0.349 e. The van der Waals surface area contributed by atoms with Crippen LogP contribution in [0.3, 0.4) is 0 Å². The molecule has 1 N–H and O–H groups in total. The van der Waals surface area contributed by atoms with Crippen molar-refractivity contribution in [2.24, 2.45) is 11.8 Å². The number of hydrogen-bond donors (Lipinski definition) is 1. The highest BCUT2D eigenvalue weighted by Crippen LogP contribution is 2.31. The van der Waals surface area contributed by atoms with Crippen LogP contribution in [0.15, 0.2) is 24.4 Å². The molecule has 21 heavy (non-hydrogen) atoms. The maximum absolute atomic E-state index is 12.1. The Morgan fingerprint density at radius 2 is 2.05 bits per heavy atom. The highest BCUT2D eigenvalue weighted by Gasteiger charge is 2.31. The van der Waals surface area contributed by atoms with Gasteiger partial charge in [-0.3, -0.25) is 14.7 Å². The molecule has 0 spiro atoms. The van der Waals surface area contributed by atoms with Gasteiger partial charge in [-0.2, -0.15) is 0 Å². The second-order valence-electron chi connectivity index (χ2n) is 6.39. The molecule has 2 unspecified atom stereocenters.